The zero-order valence-corrected chi connectivity index (χ0v) is 7.00. The van der Waals surface area contributed by atoms with E-state index in [4.69, 9.17) is 16.7 Å². The Bertz CT molecular complexity index is 326. The summed E-state index contributed by atoms with van der Waals surface area (Å²) in [4.78, 5) is 10.4. The molecule has 0 aliphatic heterocycles. The van der Waals surface area contributed by atoms with E-state index in [2.05, 4.69) is 5.10 Å². The Morgan fingerprint density at radius 3 is 2.77 bits per heavy atom. The molecular weight excluding hydrogens is 206 g/mol. The van der Waals surface area contributed by atoms with Gasteiger partial charge in [0, 0.05) is 6.20 Å². The fourth-order valence-electron chi connectivity index (χ4n) is 0.777. The third-order valence-electron chi connectivity index (χ3n) is 1.24. The van der Waals surface area contributed by atoms with Crippen LogP contribution in [-0.2, 0) is 6.54 Å². The number of alkyl halides is 2. The van der Waals surface area contributed by atoms with Gasteiger partial charge < -0.3 is 5.11 Å². The molecule has 0 saturated carbocycles. The molecule has 1 aromatic rings. The van der Waals surface area contributed by atoms with Gasteiger partial charge in [-0.25, -0.2) is 13.6 Å². The molecule has 0 aliphatic rings. The van der Waals surface area contributed by atoms with Crippen LogP contribution in [-0.4, -0.2) is 27.3 Å². The van der Waals surface area contributed by atoms with Gasteiger partial charge in [-0.15, -0.1) is 0 Å². The molecule has 0 aromatic carbocycles. The molecule has 72 valence electrons. The quantitative estimate of drug-likeness (QED) is 0.823. The summed E-state index contributed by atoms with van der Waals surface area (Å²) in [5, 5.41) is 11.7. The Morgan fingerprint density at radius 2 is 2.38 bits per heavy atom. The van der Waals surface area contributed by atoms with E-state index in [0.717, 1.165) is 10.9 Å². The Labute approximate surface area is 76.7 Å². The summed E-state index contributed by atoms with van der Waals surface area (Å²) in [6.45, 7) is -0.660. The first-order valence-electron chi connectivity index (χ1n) is 3.25. The van der Waals surface area contributed by atoms with E-state index in [1.807, 2.05) is 0 Å². The first-order chi connectivity index (χ1) is 6.00. The van der Waals surface area contributed by atoms with Gasteiger partial charge in [0.1, 0.15) is 6.54 Å². The molecule has 7 heteroatoms. The fourth-order valence-corrected chi connectivity index (χ4v) is 1.01. The molecule has 1 rings (SSSR count). The fraction of sp³-hybridized carbons (Fsp3) is 0.333. The summed E-state index contributed by atoms with van der Waals surface area (Å²) in [5.74, 6) is -1.34. The van der Waals surface area contributed by atoms with Crippen molar-refractivity contribution in [2.45, 2.75) is 13.0 Å². The van der Waals surface area contributed by atoms with Crippen molar-refractivity contribution in [2.75, 3.05) is 0 Å². The Morgan fingerprint density at radius 1 is 1.77 bits per heavy atom. The van der Waals surface area contributed by atoms with Crippen LogP contribution < -0.4 is 0 Å². The van der Waals surface area contributed by atoms with Crippen molar-refractivity contribution >= 4 is 17.6 Å². The van der Waals surface area contributed by atoms with Gasteiger partial charge in [0.25, 0.3) is 6.43 Å². The minimum atomic E-state index is -2.59. The van der Waals surface area contributed by atoms with E-state index in [1.54, 1.807) is 0 Å². The standard InChI is InChI=1S/C6H5ClF2N2O2/c7-3-1-11(2-4(8)9)10-5(3)6(12)13/h1,4H,2H2,(H,12,13). The van der Waals surface area contributed by atoms with Crippen LogP contribution in [0.1, 0.15) is 10.5 Å². The van der Waals surface area contributed by atoms with E-state index >= 15 is 0 Å². The molecule has 0 radical (unpaired) electrons. The molecule has 0 unspecified atom stereocenters. The second-order valence-corrected chi connectivity index (χ2v) is 2.65. The predicted octanol–water partition coefficient (Wildman–Crippen LogP) is 1.50. The summed E-state index contributed by atoms with van der Waals surface area (Å²) in [5.41, 5.74) is -0.415. The third kappa shape index (κ3) is 2.38. The molecule has 0 atom stereocenters. The maximum absolute atomic E-state index is 11.8. The summed E-state index contributed by atoms with van der Waals surface area (Å²) in [6.07, 6.45) is -1.53. The molecule has 0 fully saturated rings. The van der Waals surface area contributed by atoms with E-state index in [0.29, 0.717) is 0 Å². The van der Waals surface area contributed by atoms with Crippen molar-refractivity contribution in [2.24, 2.45) is 0 Å². The first-order valence-corrected chi connectivity index (χ1v) is 3.63. The largest absolute Gasteiger partial charge is 0.476 e. The average Bonchev–Trinajstić information content (AvgIpc) is 2.29. The number of nitrogens with zero attached hydrogens (tertiary/aromatic N) is 2. The van der Waals surface area contributed by atoms with E-state index in [9.17, 15) is 13.6 Å². The molecule has 0 bridgehead atoms. The minimum Gasteiger partial charge on any atom is -0.476 e. The topological polar surface area (TPSA) is 55.1 Å². The maximum Gasteiger partial charge on any atom is 0.357 e. The van der Waals surface area contributed by atoms with Crippen LogP contribution in [0.4, 0.5) is 8.78 Å². The molecule has 1 aromatic heterocycles. The monoisotopic (exact) mass is 210 g/mol. The molecule has 1 N–H and O–H groups in total. The van der Waals surface area contributed by atoms with E-state index in [1.165, 1.54) is 0 Å². The van der Waals surface area contributed by atoms with Gasteiger partial charge in [-0.05, 0) is 0 Å². The van der Waals surface area contributed by atoms with Gasteiger partial charge in [-0.2, -0.15) is 5.10 Å². The molecule has 1 heterocycles. The lowest BCUT2D eigenvalue weighted by Gasteiger charge is -1.97. The zero-order valence-electron chi connectivity index (χ0n) is 6.25. The normalized spacial score (nSPS) is 10.8. The average molecular weight is 211 g/mol. The number of carbonyl (C=O) groups is 1. The highest BCUT2D eigenvalue weighted by molar-refractivity contribution is 6.33. The molecule has 0 spiro atoms. The van der Waals surface area contributed by atoms with Gasteiger partial charge in [-0.3, -0.25) is 4.68 Å². The second kappa shape index (κ2) is 3.69. The number of carboxylic acids is 1. The summed E-state index contributed by atoms with van der Waals surface area (Å²) in [6, 6.07) is 0. The number of carboxylic acid groups (broad SMARTS) is 1. The molecular formula is C6H5ClF2N2O2. The Hall–Kier alpha value is -1.17. The lowest BCUT2D eigenvalue weighted by Crippen LogP contribution is -2.08. The van der Waals surface area contributed by atoms with Crippen LogP contribution >= 0.6 is 11.6 Å². The smallest absolute Gasteiger partial charge is 0.357 e. The molecule has 13 heavy (non-hydrogen) atoms. The van der Waals surface area contributed by atoms with Crippen LogP contribution in [0.3, 0.4) is 0 Å². The van der Waals surface area contributed by atoms with E-state index in [-0.39, 0.29) is 5.02 Å². The highest BCUT2D eigenvalue weighted by Gasteiger charge is 2.15. The van der Waals surface area contributed by atoms with Crippen molar-refractivity contribution in [3.63, 3.8) is 0 Å². The summed E-state index contributed by atoms with van der Waals surface area (Å²) >= 11 is 5.41. The van der Waals surface area contributed by atoms with Crippen molar-refractivity contribution in [1.29, 1.82) is 0 Å². The summed E-state index contributed by atoms with van der Waals surface area (Å²) < 4.78 is 24.4. The SMILES string of the molecule is O=C(O)c1nn(CC(F)F)cc1Cl. The van der Waals surface area contributed by atoms with Gasteiger partial charge in [0.15, 0.2) is 5.69 Å². The van der Waals surface area contributed by atoms with E-state index < -0.39 is 24.6 Å². The van der Waals surface area contributed by atoms with Crippen LogP contribution in [0.5, 0.6) is 0 Å². The number of rotatable bonds is 3. The zero-order chi connectivity index (χ0) is 10.0. The number of hydrogen-bond donors (Lipinski definition) is 1. The lowest BCUT2D eigenvalue weighted by atomic mass is 10.4. The van der Waals surface area contributed by atoms with Crippen LogP contribution in [0.25, 0.3) is 0 Å². The molecule has 0 aliphatic carbocycles. The minimum absolute atomic E-state index is 0.145. The van der Waals surface area contributed by atoms with Crippen molar-refractivity contribution in [1.82, 2.24) is 9.78 Å². The van der Waals surface area contributed by atoms with Crippen molar-refractivity contribution < 1.29 is 18.7 Å². The Kier molecular flexibility index (Phi) is 2.82. The molecule has 0 amide bonds. The van der Waals surface area contributed by atoms with Gasteiger partial charge >= 0.3 is 5.97 Å². The van der Waals surface area contributed by atoms with Gasteiger partial charge in [0.05, 0.1) is 5.02 Å². The van der Waals surface area contributed by atoms with Crippen molar-refractivity contribution in [3.05, 3.63) is 16.9 Å². The number of aromatic carboxylic acids is 1. The highest BCUT2D eigenvalue weighted by atomic mass is 35.5. The number of aromatic nitrogens is 2. The third-order valence-corrected chi connectivity index (χ3v) is 1.52. The highest BCUT2D eigenvalue weighted by Crippen LogP contribution is 2.14. The van der Waals surface area contributed by atoms with Gasteiger partial charge in [0.2, 0.25) is 0 Å². The van der Waals surface area contributed by atoms with Crippen molar-refractivity contribution in [3.8, 4) is 0 Å². The predicted molar refractivity (Wildman–Crippen MR) is 40.2 cm³/mol. The van der Waals surface area contributed by atoms with Crippen LogP contribution in [0.15, 0.2) is 6.20 Å². The van der Waals surface area contributed by atoms with Crippen LogP contribution in [0.2, 0.25) is 5.02 Å². The van der Waals surface area contributed by atoms with Gasteiger partial charge in [-0.1, -0.05) is 11.6 Å². The Balaban J connectivity index is 2.89. The second-order valence-electron chi connectivity index (χ2n) is 2.24. The molecule has 0 saturated heterocycles. The lowest BCUT2D eigenvalue weighted by molar-refractivity contribution is 0.0686. The number of halogens is 3. The summed E-state index contributed by atoms with van der Waals surface area (Å²) in [7, 11) is 0. The number of hydrogen-bond acceptors (Lipinski definition) is 2. The first kappa shape index (κ1) is 9.91. The van der Waals surface area contributed by atoms with Crippen LogP contribution in [0, 0.1) is 0 Å². The molecule has 4 nitrogen and oxygen atoms in total. The maximum atomic E-state index is 11.8.